The second kappa shape index (κ2) is 7.26. The van der Waals surface area contributed by atoms with Crippen LogP contribution >= 0.6 is 23.7 Å². The standard InChI is InChI=1S/C15H15N7OS.ClH/c16-7-13-18-12(8-24-13)15(23)17-10-3-1-2-9(6-10)14-19-20-21-22(14)11-4-5-11;/h1-3,6,8,11H,4-5,7,16H2,(H,17,23);1H. The Balaban J connectivity index is 0.00000182. The summed E-state index contributed by atoms with van der Waals surface area (Å²) < 4.78 is 1.84. The molecular weight excluding hydrogens is 362 g/mol. The zero-order chi connectivity index (χ0) is 16.5. The van der Waals surface area contributed by atoms with E-state index in [1.165, 1.54) is 11.3 Å². The largest absolute Gasteiger partial charge is 0.325 e. The monoisotopic (exact) mass is 377 g/mol. The van der Waals surface area contributed by atoms with Gasteiger partial charge in [-0.25, -0.2) is 9.67 Å². The van der Waals surface area contributed by atoms with Gasteiger partial charge in [0, 0.05) is 23.2 Å². The van der Waals surface area contributed by atoms with Crippen LogP contribution in [0.5, 0.6) is 0 Å². The number of nitrogens with one attached hydrogen (secondary N) is 1. The number of aromatic nitrogens is 5. The van der Waals surface area contributed by atoms with Crippen molar-refractivity contribution in [1.82, 2.24) is 25.2 Å². The number of thiazole rings is 1. The van der Waals surface area contributed by atoms with Crippen molar-refractivity contribution in [3.8, 4) is 11.4 Å². The number of halogens is 1. The molecule has 0 aliphatic heterocycles. The first-order valence-electron chi connectivity index (χ1n) is 7.58. The predicted octanol–water partition coefficient (Wildman–Crippen LogP) is 2.26. The lowest BCUT2D eigenvalue weighted by atomic mass is 10.2. The first-order valence-corrected chi connectivity index (χ1v) is 8.46. The molecule has 0 spiro atoms. The van der Waals surface area contributed by atoms with E-state index in [-0.39, 0.29) is 18.3 Å². The number of hydrogen-bond acceptors (Lipinski definition) is 7. The van der Waals surface area contributed by atoms with Crippen molar-refractivity contribution in [3.05, 3.63) is 40.3 Å². The fourth-order valence-electron chi connectivity index (χ4n) is 2.39. The quantitative estimate of drug-likeness (QED) is 0.705. The molecule has 25 heavy (non-hydrogen) atoms. The number of amides is 1. The number of carbonyl (C=O) groups excluding carboxylic acids is 1. The van der Waals surface area contributed by atoms with E-state index in [0.717, 1.165) is 23.4 Å². The second-order valence-electron chi connectivity index (χ2n) is 5.54. The lowest BCUT2D eigenvalue weighted by molar-refractivity contribution is 0.102. The van der Waals surface area contributed by atoms with Gasteiger partial charge in [-0.2, -0.15) is 0 Å². The van der Waals surface area contributed by atoms with E-state index < -0.39 is 0 Å². The number of hydrogen-bond donors (Lipinski definition) is 2. The summed E-state index contributed by atoms with van der Waals surface area (Å²) in [4.78, 5) is 16.5. The van der Waals surface area contributed by atoms with Crippen LogP contribution in [-0.4, -0.2) is 31.1 Å². The molecule has 0 saturated heterocycles. The molecule has 1 aliphatic carbocycles. The van der Waals surface area contributed by atoms with Crippen molar-refractivity contribution in [1.29, 1.82) is 0 Å². The minimum absolute atomic E-state index is 0. The van der Waals surface area contributed by atoms with Crippen LogP contribution in [0.4, 0.5) is 5.69 Å². The molecule has 2 heterocycles. The number of nitrogens with zero attached hydrogens (tertiary/aromatic N) is 5. The smallest absolute Gasteiger partial charge is 0.275 e. The molecule has 0 atom stereocenters. The van der Waals surface area contributed by atoms with E-state index >= 15 is 0 Å². The highest BCUT2D eigenvalue weighted by atomic mass is 35.5. The third-order valence-electron chi connectivity index (χ3n) is 3.72. The molecule has 1 fully saturated rings. The zero-order valence-electron chi connectivity index (χ0n) is 13.1. The summed E-state index contributed by atoms with van der Waals surface area (Å²) in [5.41, 5.74) is 7.44. The van der Waals surface area contributed by atoms with E-state index in [1.807, 2.05) is 28.9 Å². The van der Waals surface area contributed by atoms with Gasteiger partial charge in [-0.05, 0) is 35.4 Å². The van der Waals surface area contributed by atoms with Crippen LogP contribution in [0.15, 0.2) is 29.6 Å². The summed E-state index contributed by atoms with van der Waals surface area (Å²) in [6.45, 7) is 0.331. The lowest BCUT2D eigenvalue weighted by Crippen LogP contribution is -2.12. The third kappa shape index (κ3) is 3.68. The summed E-state index contributed by atoms with van der Waals surface area (Å²) in [7, 11) is 0. The topological polar surface area (TPSA) is 112 Å². The zero-order valence-corrected chi connectivity index (χ0v) is 14.8. The maximum atomic E-state index is 12.3. The molecule has 0 bridgehead atoms. The van der Waals surface area contributed by atoms with Crippen molar-refractivity contribution in [3.63, 3.8) is 0 Å². The van der Waals surface area contributed by atoms with Gasteiger partial charge in [-0.15, -0.1) is 28.8 Å². The average molecular weight is 378 g/mol. The summed E-state index contributed by atoms with van der Waals surface area (Å²) in [5.74, 6) is 0.456. The van der Waals surface area contributed by atoms with E-state index in [2.05, 4.69) is 25.8 Å². The van der Waals surface area contributed by atoms with E-state index in [1.54, 1.807) is 5.38 Å². The van der Waals surface area contributed by atoms with Crippen LogP contribution < -0.4 is 11.1 Å². The van der Waals surface area contributed by atoms with Gasteiger partial charge in [-0.3, -0.25) is 4.79 Å². The number of tetrazole rings is 1. The molecule has 2 aromatic heterocycles. The Hall–Kier alpha value is -2.36. The van der Waals surface area contributed by atoms with Gasteiger partial charge in [0.25, 0.3) is 5.91 Å². The van der Waals surface area contributed by atoms with Crippen molar-refractivity contribution in [2.45, 2.75) is 25.4 Å². The van der Waals surface area contributed by atoms with Crippen LogP contribution in [0.2, 0.25) is 0 Å². The molecule has 1 aromatic carbocycles. The minimum atomic E-state index is -0.259. The van der Waals surface area contributed by atoms with Gasteiger partial charge in [0.1, 0.15) is 10.7 Å². The normalized spacial score (nSPS) is 13.3. The Bertz CT molecular complexity index is 889. The van der Waals surface area contributed by atoms with Gasteiger partial charge in [0.05, 0.1) is 6.04 Å². The van der Waals surface area contributed by atoms with Gasteiger partial charge in [-0.1, -0.05) is 12.1 Å². The summed E-state index contributed by atoms with van der Waals surface area (Å²) >= 11 is 1.37. The number of nitrogens with two attached hydrogens (primary N) is 1. The molecule has 3 aromatic rings. The highest BCUT2D eigenvalue weighted by molar-refractivity contribution is 7.09. The van der Waals surface area contributed by atoms with Crippen LogP contribution in [-0.2, 0) is 6.54 Å². The molecule has 0 radical (unpaired) electrons. The number of rotatable bonds is 5. The van der Waals surface area contributed by atoms with Crippen molar-refractivity contribution >= 4 is 35.3 Å². The summed E-state index contributed by atoms with van der Waals surface area (Å²) in [6, 6.07) is 7.86. The Morgan fingerprint density at radius 1 is 1.40 bits per heavy atom. The Labute approximate surface area is 153 Å². The molecule has 130 valence electrons. The van der Waals surface area contributed by atoms with Crippen molar-refractivity contribution in [2.75, 3.05) is 5.32 Å². The molecule has 4 rings (SSSR count). The SMILES string of the molecule is Cl.NCc1nc(C(=O)Nc2cccc(-c3nnnn3C3CC3)c2)cs1. The Morgan fingerprint density at radius 3 is 2.96 bits per heavy atom. The first kappa shape index (κ1) is 17.5. The Kier molecular flexibility index (Phi) is 5.07. The van der Waals surface area contributed by atoms with Crippen molar-refractivity contribution in [2.24, 2.45) is 5.73 Å². The molecule has 3 N–H and O–H groups in total. The van der Waals surface area contributed by atoms with Crippen molar-refractivity contribution < 1.29 is 4.79 Å². The van der Waals surface area contributed by atoms with Gasteiger partial charge in [0.2, 0.25) is 0 Å². The summed E-state index contributed by atoms with van der Waals surface area (Å²) in [5, 5.41) is 17.2. The molecule has 1 saturated carbocycles. The molecule has 1 aliphatic rings. The molecule has 8 nitrogen and oxygen atoms in total. The maximum absolute atomic E-state index is 12.3. The highest BCUT2D eigenvalue weighted by Gasteiger charge is 2.28. The van der Waals surface area contributed by atoms with E-state index in [4.69, 9.17) is 5.73 Å². The van der Waals surface area contributed by atoms with Crippen LogP contribution in [0, 0.1) is 0 Å². The van der Waals surface area contributed by atoms with Gasteiger partial charge < -0.3 is 11.1 Å². The maximum Gasteiger partial charge on any atom is 0.275 e. The van der Waals surface area contributed by atoms with Crippen LogP contribution in [0.25, 0.3) is 11.4 Å². The molecule has 1 amide bonds. The molecule has 0 unspecified atom stereocenters. The third-order valence-corrected chi connectivity index (χ3v) is 4.59. The fraction of sp³-hybridized carbons (Fsp3) is 0.267. The molecular formula is C15H16ClN7OS. The van der Waals surface area contributed by atoms with Gasteiger partial charge >= 0.3 is 0 Å². The van der Waals surface area contributed by atoms with E-state index in [9.17, 15) is 4.79 Å². The first-order chi connectivity index (χ1) is 11.7. The highest BCUT2D eigenvalue weighted by Crippen LogP contribution is 2.36. The number of carbonyl (C=O) groups is 1. The minimum Gasteiger partial charge on any atom is -0.325 e. The fourth-order valence-corrected chi connectivity index (χ4v) is 3.04. The Morgan fingerprint density at radius 2 is 2.24 bits per heavy atom. The van der Waals surface area contributed by atoms with Crippen LogP contribution in [0.3, 0.4) is 0 Å². The van der Waals surface area contributed by atoms with Crippen LogP contribution in [0.1, 0.15) is 34.4 Å². The second-order valence-corrected chi connectivity index (χ2v) is 6.49. The lowest BCUT2D eigenvalue weighted by Gasteiger charge is -2.06. The number of anilines is 1. The number of benzene rings is 1. The molecule has 10 heteroatoms. The van der Waals surface area contributed by atoms with E-state index in [0.29, 0.717) is 29.8 Å². The van der Waals surface area contributed by atoms with Gasteiger partial charge in [0.15, 0.2) is 5.82 Å². The predicted molar refractivity (Wildman–Crippen MR) is 96.7 cm³/mol. The average Bonchev–Trinajstić information content (AvgIpc) is 3.14. The summed E-state index contributed by atoms with van der Waals surface area (Å²) in [6.07, 6.45) is 2.20.